The van der Waals surface area contributed by atoms with Gasteiger partial charge in [-0.15, -0.1) is 0 Å². The molecule has 4 rings (SSSR count). The van der Waals surface area contributed by atoms with E-state index >= 15 is 0 Å². The predicted molar refractivity (Wildman–Crippen MR) is 134 cm³/mol. The number of anilines is 2. The lowest BCUT2D eigenvalue weighted by Gasteiger charge is -2.35. The Kier molecular flexibility index (Phi) is 6.93. The third-order valence-electron chi connectivity index (χ3n) is 6.51. The van der Waals surface area contributed by atoms with Crippen molar-refractivity contribution >= 4 is 44.9 Å². The van der Waals surface area contributed by atoms with Crippen LogP contribution in [0.25, 0.3) is 10.2 Å². The number of para-hydroxylation sites is 1. The van der Waals surface area contributed by atoms with E-state index in [0.717, 1.165) is 45.7 Å². The van der Waals surface area contributed by atoms with E-state index in [1.807, 2.05) is 56.9 Å². The molecule has 0 unspecified atom stereocenters. The zero-order valence-corrected chi connectivity index (χ0v) is 20.5. The van der Waals surface area contributed by atoms with Crippen molar-refractivity contribution in [1.29, 1.82) is 0 Å². The van der Waals surface area contributed by atoms with Crippen molar-refractivity contribution in [3.63, 3.8) is 0 Å². The highest BCUT2D eigenvalue weighted by Crippen LogP contribution is 2.37. The number of rotatable bonds is 6. The average molecular weight is 466 g/mol. The van der Waals surface area contributed by atoms with Crippen molar-refractivity contribution in [1.82, 2.24) is 14.3 Å². The van der Waals surface area contributed by atoms with E-state index in [-0.39, 0.29) is 17.7 Å². The van der Waals surface area contributed by atoms with Gasteiger partial charge in [-0.25, -0.2) is 4.98 Å². The van der Waals surface area contributed by atoms with Crippen molar-refractivity contribution in [3.8, 4) is 0 Å². The number of aryl methyl sites for hydroxylation is 2. The summed E-state index contributed by atoms with van der Waals surface area (Å²) >= 11 is 1.36. The largest absolute Gasteiger partial charge is 0.370 e. The molecule has 3 aromatic rings. The summed E-state index contributed by atoms with van der Waals surface area (Å²) in [5.41, 5.74) is 4.36. The molecule has 1 saturated heterocycles. The molecule has 1 aromatic carbocycles. The summed E-state index contributed by atoms with van der Waals surface area (Å²) in [6, 6.07) is 7.84. The quantitative estimate of drug-likeness (QED) is 0.574. The van der Waals surface area contributed by atoms with Gasteiger partial charge in [-0.1, -0.05) is 18.2 Å². The van der Waals surface area contributed by atoms with Gasteiger partial charge in [0.25, 0.3) is 5.91 Å². The Labute approximate surface area is 199 Å². The lowest BCUT2D eigenvalue weighted by Crippen LogP contribution is -2.40. The van der Waals surface area contributed by atoms with Gasteiger partial charge in [-0.05, 0) is 63.7 Å². The van der Waals surface area contributed by atoms with E-state index in [1.165, 1.54) is 11.5 Å². The standard InChI is InChI=1S/C25H31N5O2S/c1-5-29(6-2)25(32)19-15-26-24-21(17(4)28-33-24)22(19)30-13-11-18(12-14-30)23(31)27-20-10-8-7-9-16(20)3/h7-10,15,18H,5-6,11-14H2,1-4H3,(H,27,31). The van der Waals surface area contributed by atoms with Gasteiger partial charge in [-0.3, -0.25) is 9.59 Å². The molecule has 1 aliphatic rings. The lowest BCUT2D eigenvalue weighted by molar-refractivity contribution is -0.120. The topological polar surface area (TPSA) is 78.4 Å². The number of carbonyl (C=O) groups excluding carboxylic acids is 2. The molecule has 1 N–H and O–H groups in total. The first-order valence-corrected chi connectivity index (χ1v) is 12.4. The van der Waals surface area contributed by atoms with Crippen LogP contribution in [0.2, 0.25) is 0 Å². The van der Waals surface area contributed by atoms with E-state index in [4.69, 9.17) is 0 Å². The average Bonchev–Trinajstić information content (AvgIpc) is 3.21. The highest BCUT2D eigenvalue weighted by atomic mass is 32.1. The molecular formula is C25H31N5O2S. The van der Waals surface area contributed by atoms with Crippen LogP contribution >= 0.6 is 11.5 Å². The molecule has 1 aliphatic heterocycles. The molecule has 33 heavy (non-hydrogen) atoms. The van der Waals surface area contributed by atoms with Crippen LogP contribution in [0.3, 0.4) is 0 Å². The van der Waals surface area contributed by atoms with Crippen molar-refractivity contribution < 1.29 is 9.59 Å². The third kappa shape index (κ3) is 4.57. The molecule has 1 fully saturated rings. The second-order valence-corrected chi connectivity index (χ2v) is 9.26. The SMILES string of the molecule is CCN(CC)C(=O)c1cnc2snc(C)c2c1N1CCC(C(=O)Nc2ccccc2C)CC1. The van der Waals surface area contributed by atoms with Gasteiger partial charge in [0.05, 0.1) is 22.3 Å². The van der Waals surface area contributed by atoms with Crippen LogP contribution in [0, 0.1) is 19.8 Å². The van der Waals surface area contributed by atoms with Gasteiger partial charge in [0.15, 0.2) is 0 Å². The van der Waals surface area contributed by atoms with Crippen molar-refractivity contribution in [2.45, 2.75) is 40.5 Å². The number of fused-ring (bicyclic) bond motifs is 1. The predicted octanol–water partition coefficient (Wildman–Crippen LogP) is 4.65. The summed E-state index contributed by atoms with van der Waals surface area (Å²) in [5, 5.41) is 4.05. The molecule has 0 saturated carbocycles. The molecule has 2 aromatic heterocycles. The number of aromatic nitrogens is 2. The summed E-state index contributed by atoms with van der Waals surface area (Å²) in [7, 11) is 0. The molecule has 0 atom stereocenters. The molecule has 7 nitrogen and oxygen atoms in total. The molecule has 174 valence electrons. The summed E-state index contributed by atoms with van der Waals surface area (Å²) in [6.45, 7) is 10.7. The number of carbonyl (C=O) groups is 2. The molecule has 0 spiro atoms. The van der Waals surface area contributed by atoms with Crippen LogP contribution in [0.15, 0.2) is 30.5 Å². The zero-order chi connectivity index (χ0) is 23.5. The van der Waals surface area contributed by atoms with Gasteiger partial charge in [-0.2, -0.15) is 4.37 Å². The van der Waals surface area contributed by atoms with Gasteiger partial charge in [0, 0.05) is 44.0 Å². The molecule has 8 heteroatoms. The maximum absolute atomic E-state index is 13.3. The van der Waals surface area contributed by atoms with Crippen molar-refractivity contribution in [2.24, 2.45) is 5.92 Å². The van der Waals surface area contributed by atoms with Gasteiger partial charge in [0.2, 0.25) is 5.91 Å². The second-order valence-electron chi connectivity index (χ2n) is 8.51. The number of hydrogen-bond donors (Lipinski definition) is 1. The number of amides is 2. The van der Waals surface area contributed by atoms with Crippen LogP contribution < -0.4 is 10.2 Å². The molecule has 0 bridgehead atoms. The number of piperidine rings is 1. The summed E-state index contributed by atoms with van der Waals surface area (Å²) in [5.74, 6) is 0.00730. The van der Waals surface area contributed by atoms with Crippen LogP contribution in [0.4, 0.5) is 11.4 Å². The Morgan fingerprint density at radius 1 is 1.15 bits per heavy atom. The van der Waals surface area contributed by atoms with E-state index in [2.05, 4.69) is 19.6 Å². The molecule has 3 heterocycles. The highest BCUT2D eigenvalue weighted by Gasteiger charge is 2.30. The fourth-order valence-electron chi connectivity index (χ4n) is 4.52. The normalized spacial score (nSPS) is 14.5. The first kappa shape index (κ1) is 23.2. The van der Waals surface area contributed by atoms with Gasteiger partial charge >= 0.3 is 0 Å². The summed E-state index contributed by atoms with van der Waals surface area (Å²) in [4.78, 5) is 35.7. The van der Waals surface area contributed by atoms with Crippen molar-refractivity contribution in [2.75, 3.05) is 36.4 Å². The fourth-order valence-corrected chi connectivity index (χ4v) is 5.27. The minimum atomic E-state index is -0.0539. The van der Waals surface area contributed by atoms with Crippen LogP contribution in [0.1, 0.15) is 48.3 Å². The van der Waals surface area contributed by atoms with Crippen LogP contribution in [-0.4, -0.2) is 52.3 Å². The summed E-state index contributed by atoms with van der Waals surface area (Å²) < 4.78 is 4.50. The highest BCUT2D eigenvalue weighted by molar-refractivity contribution is 7.13. The van der Waals surface area contributed by atoms with Crippen LogP contribution in [0.5, 0.6) is 0 Å². The number of pyridine rings is 1. The Morgan fingerprint density at radius 3 is 2.52 bits per heavy atom. The first-order valence-electron chi connectivity index (χ1n) is 11.6. The van der Waals surface area contributed by atoms with E-state index in [9.17, 15) is 9.59 Å². The summed E-state index contributed by atoms with van der Waals surface area (Å²) in [6.07, 6.45) is 3.17. The minimum absolute atomic E-state index is 0.00517. The number of nitrogens with zero attached hydrogens (tertiary/aromatic N) is 4. The zero-order valence-electron chi connectivity index (χ0n) is 19.7. The lowest BCUT2D eigenvalue weighted by atomic mass is 9.94. The number of benzene rings is 1. The Bertz CT molecular complexity index is 1160. The maximum atomic E-state index is 13.3. The Hall–Kier alpha value is -3.00. The molecular weight excluding hydrogens is 434 g/mol. The first-order chi connectivity index (χ1) is 15.9. The van der Waals surface area contributed by atoms with E-state index < -0.39 is 0 Å². The van der Waals surface area contributed by atoms with Gasteiger partial charge < -0.3 is 15.1 Å². The molecule has 2 amide bonds. The van der Waals surface area contributed by atoms with E-state index in [1.54, 1.807) is 6.20 Å². The van der Waals surface area contributed by atoms with E-state index in [0.29, 0.717) is 31.7 Å². The maximum Gasteiger partial charge on any atom is 0.257 e. The number of nitrogens with one attached hydrogen (secondary N) is 1. The second kappa shape index (κ2) is 9.87. The Balaban J connectivity index is 1.58. The van der Waals surface area contributed by atoms with Gasteiger partial charge in [0.1, 0.15) is 4.83 Å². The van der Waals surface area contributed by atoms with Crippen LogP contribution in [-0.2, 0) is 4.79 Å². The fraction of sp³-hybridized carbons (Fsp3) is 0.440. The third-order valence-corrected chi connectivity index (χ3v) is 7.36. The monoisotopic (exact) mass is 465 g/mol. The minimum Gasteiger partial charge on any atom is -0.370 e. The smallest absolute Gasteiger partial charge is 0.257 e. The molecule has 0 aliphatic carbocycles. The Morgan fingerprint density at radius 2 is 1.85 bits per heavy atom. The number of hydrogen-bond acceptors (Lipinski definition) is 6. The molecule has 0 radical (unpaired) electrons. The van der Waals surface area contributed by atoms with Crippen molar-refractivity contribution in [3.05, 3.63) is 47.3 Å².